The molecule has 0 aromatic heterocycles. The van der Waals surface area contributed by atoms with E-state index in [0.29, 0.717) is 16.4 Å². The van der Waals surface area contributed by atoms with Crippen molar-refractivity contribution in [3.8, 4) is 0 Å². The van der Waals surface area contributed by atoms with Crippen LogP contribution in [-0.4, -0.2) is 18.5 Å². The SMILES string of the molecule is Cc1cc(Cl)ccc1NC(=O)CNC(=O)Nc1ccccc1. The second-order valence-electron chi connectivity index (χ2n) is 4.68. The van der Waals surface area contributed by atoms with Gasteiger partial charge in [0.25, 0.3) is 0 Å². The fraction of sp³-hybridized carbons (Fsp3) is 0.125. The van der Waals surface area contributed by atoms with Gasteiger partial charge in [-0.1, -0.05) is 29.8 Å². The van der Waals surface area contributed by atoms with Gasteiger partial charge in [0.15, 0.2) is 0 Å². The minimum atomic E-state index is -0.436. The van der Waals surface area contributed by atoms with E-state index in [-0.39, 0.29) is 12.5 Å². The van der Waals surface area contributed by atoms with E-state index in [4.69, 9.17) is 11.6 Å². The van der Waals surface area contributed by atoms with Gasteiger partial charge >= 0.3 is 6.03 Å². The number of rotatable bonds is 4. The largest absolute Gasteiger partial charge is 0.329 e. The summed E-state index contributed by atoms with van der Waals surface area (Å²) in [5, 5.41) is 8.45. The number of carbonyl (C=O) groups excluding carboxylic acids is 2. The smallest absolute Gasteiger partial charge is 0.319 e. The molecular formula is C16H16ClN3O2. The second-order valence-corrected chi connectivity index (χ2v) is 5.12. The van der Waals surface area contributed by atoms with E-state index in [2.05, 4.69) is 16.0 Å². The van der Waals surface area contributed by atoms with Gasteiger partial charge in [-0.25, -0.2) is 4.79 Å². The number of urea groups is 1. The highest BCUT2D eigenvalue weighted by Crippen LogP contribution is 2.19. The Morgan fingerprint density at radius 3 is 2.45 bits per heavy atom. The van der Waals surface area contributed by atoms with Crippen molar-refractivity contribution in [2.24, 2.45) is 0 Å². The van der Waals surface area contributed by atoms with Crippen LogP contribution in [0.4, 0.5) is 16.2 Å². The molecule has 0 unspecified atom stereocenters. The average molecular weight is 318 g/mol. The quantitative estimate of drug-likeness (QED) is 0.808. The molecule has 0 fully saturated rings. The van der Waals surface area contributed by atoms with Crippen LogP contribution in [0.15, 0.2) is 48.5 Å². The summed E-state index contributed by atoms with van der Waals surface area (Å²) in [4.78, 5) is 23.5. The van der Waals surface area contributed by atoms with Gasteiger partial charge in [0.2, 0.25) is 5.91 Å². The molecule has 114 valence electrons. The lowest BCUT2D eigenvalue weighted by molar-refractivity contribution is -0.115. The van der Waals surface area contributed by atoms with Crippen LogP contribution in [0.2, 0.25) is 5.02 Å². The minimum absolute atomic E-state index is 0.124. The van der Waals surface area contributed by atoms with Crippen molar-refractivity contribution < 1.29 is 9.59 Å². The number of carbonyl (C=O) groups is 2. The number of anilines is 2. The van der Waals surface area contributed by atoms with Gasteiger partial charge < -0.3 is 16.0 Å². The van der Waals surface area contributed by atoms with Gasteiger partial charge in [-0.15, -0.1) is 0 Å². The van der Waals surface area contributed by atoms with E-state index in [1.807, 2.05) is 25.1 Å². The molecule has 0 spiro atoms. The van der Waals surface area contributed by atoms with E-state index >= 15 is 0 Å². The molecule has 0 atom stereocenters. The molecule has 0 aliphatic heterocycles. The third-order valence-corrected chi connectivity index (χ3v) is 3.14. The first-order chi connectivity index (χ1) is 10.5. The average Bonchev–Trinajstić information content (AvgIpc) is 2.49. The van der Waals surface area contributed by atoms with Gasteiger partial charge in [0, 0.05) is 16.4 Å². The van der Waals surface area contributed by atoms with Crippen LogP contribution in [0.5, 0.6) is 0 Å². The molecule has 2 rings (SSSR count). The highest BCUT2D eigenvalue weighted by atomic mass is 35.5. The van der Waals surface area contributed by atoms with Crippen LogP contribution >= 0.6 is 11.6 Å². The fourth-order valence-corrected chi connectivity index (χ4v) is 2.05. The summed E-state index contributed by atoms with van der Waals surface area (Å²) in [5.74, 6) is -0.311. The number of aryl methyl sites for hydroxylation is 1. The lowest BCUT2D eigenvalue weighted by Gasteiger charge is -2.10. The molecular weight excluding hydrogens is 302 g/mol. The van der Waals surface area contributed by atoms with Crippen LogP contribution < -0.4 is 16.0 Å². The van der Waals surface area contributed by atoms with Crippen LogP contribution in [0.25, 0.3) is 0 Å². The molecule has 0 saturated carbocycles. The zero-order valence-electron chi connectivity index (χ0n) is 12.0. The Morgan fingerprint density at radius 2 is 1.77 bits per heavy atom. The molecule has 5 nitrogen and oxygen atoms in total. The molecule has 22 heavy (non-hydrogen) atoms. The third-order valence-electron chi connectivity index (χ3n) is 2.90. The van der Waals surface area contributed by atoms with Crippen molar-refractivity contribution in [1.82, 2.24) is 5.32 Å². The van der Waals surface area contributed by atoms with Crippen molar-refractivity contribution in [2.75, 3.05) is 17.2 Å². The van der Waals surface area contributed by atoms with Crippen LogP contribution in [-0.2, 0) is 4.79 Å². The molecule has 0 bridgehead atoms. The number of amides is 3. The summed E-state index contributed by atoms with van der Waals surface area (Å²) < 4.78 is 0. The molecule has 0 saturated heterocycles. The molecule has 6 heteroatoms. The number of nitrogens with one attached hydrogen (secondary N) is 3. The molecule has 2 aromatic carbocycles. The van der Waals surface area contributed by atoms with E-state index < -0.39 is 6.03 Å². The molecule has 0 heterocycles. The summed E-state index contributed by atoms with van der Waals surface area (Å²) in [6.07, 6.45) is 0. The van der Waals surface area contributed by atoms with Crippen molar-refractivity contribution in [3.63, 3.8) is 0 Å². The number of benzene rings is 2. The summed E-state index contributed by atoms with van der Waals surface area (Å²) in [6, 6.07) is 13.7. The highest BCUT2D eigenvalue weighted by molar-refractivity contribution is 6.30. The molecule has 0 aliphatic carbocycles. The first kappa shape index (κ1) is 15.9. The summed E-state index contributed by atoms with van der Waals surface area (Å²) in [7, 11) is 0. The van der Waals surface area contributed by atoms with E-state index in [1.165, 1.54) is 0 Å². The standard InChI is InChI=1S/C16H16ClN3O2/c1-11-9-12(17)7-8-14(11)20-15(21)10-18-16(22)19-13-5-3-2-4-6-13/h2-9H,10H2,1H3,(H,20,21)(H2,18,19,22). The molecule has 0 radical (unpaired) electrons. The van der Waals surface area contributed by atoms with Crippen LogP contribution in [0.1, 0.15) is 5.56 Å². The minimum Gasteiger partial charge on any atom is -0.329 e. The molecule has 0 aliphatic rings. The number of hydrogen-bond donors (Lipinski definition) is 3. The summed E-state index contributed by atoms with van der Waals surface area (Å²) in [6.45, 7) is 1.72. The van der Waals surface area contributed by atoms with Crippen LogP contribution in [0, 0.1) is 6.92 Å². The topological polar surface area (TPSA) is 70.2 Å². The monoisotopic (exact) mass is 317 g/mol. The lowest BCUT2D eigenvalue weighted by Crippen LogP contribution is -2.35. The van der Waals surface area contributed by atoms with E-state index in [0.717, 1.165) is 5.56 Å². The Morgan fingerprint density at radius 1 is 1.05 bits per heavy atom. The molecule has 2 aromatic rings. The normalized spacial score (nSPS) is 9.91. The van der Waals surface area contributed by atoms with Crippen molar-refractivity contribution in [1.29, 1.82) is 0 Å². The maximum Gasteiger partial charge on any atom is 0.319 e. The lowest BCUT2D eigenvalue weighted by atomic mass is 10.2. The van der Waals surface area contributed by atoms with Gasteiger partial charge in [0.05, 0.1) is 6.54 Å². The van der Waals surface area contributed by atoms with Gasteiger partial charge in [-0.05, 0) is 42.8 Å². The third kappa shape index (κ3) is 4.79. The Kier molecular flexibility index (Phi) is 5.38. The summed E-state index contributed by atoms with van der Waals surface area (Å²) in [5.41, 5.74) is 2.18. The van der Waals surface area contributed by atoms with Gasteiger partial charge in [0.1, 0.15) is 0 Å². The Bertz CT molecular complexity index is 674. The van der Waals surface area contributed by atoms with Crippen molar-refractivity contribution in [2.45, 2.75) is 6.92 Å². The zero-order valence-corrected chi connectivity index (χ0v) is 12.8. The van der Waals surface area contributed by atoms with Gasteiger partial charge in [-0.2, -0.15) is 0 Å². The second kappa shape index (κ2) is 7.47. The Balaban J connectivity index is 1.81. The van der Waals surface area contributed by atoms with Crippen molar-refractivity contribution >= 4 is 34.9 Å². The zero-order chi connectivity index (χ0) is 15.9. The molecule has 3 N–H and O–H groups in total. The maximum absolute atomic E-state index is 11.8. The first-order valence-electron chi connectivity index (χ1n) is 6.70. The fourth-order valence-electron chi connectivity index (χ4n) is 1.82. The Labute approximate surface area is 133 Å². The van der Waals surface area contributed by atoms with Gasteiger partial charge in [-0.3, -0.25) is 4.79 Å². The predicted octanol–water partition coefficient (Wildman–Crippen LogP) is 3.41. The maximum atomic E-state index is 11.8. The number of para-hydroxylation sites is 1. The predicted molar refractivity (Wildman–Crippen MR) is 88.3 cm³/mol. The number of halogens is 1. The summed E-state index contributed by atoms with van der Waals surface area (Å²) >= 11 is 5.86. The highest BCUT2D eigenvalue weighted by Gasteiger charge is 2.07. The number of hydrogen-bond acceptors (Lipinski definition) is 2. The first-order valence-corrected chi connectivity index (χ1v) is 7.08. The van der Waals surface area contributed by atoms with Crippen LogP contribution in [0.3, 0.4) is 0 Å². The molecule has 3 amide bonds. The van der Waals surface area contributed by atoms with E-state index in [1.54, 1.807) is 30.3 Å². The van der Waals surface area contributed by atoms with Crippen molar-refractivity contribution in [3.05, 3.63) is 59.1 Å². The van der Waals surface area contributed by atoms with E-state index in [9.17, 15) is 9.59 Å². The Hall–Kier alpha value is -2.53.